The Morgan fingerprint density at radius 2 is 1.97 bits per heavy atom. The van der Waals surface area contributed by atoms with Gasteiger partial charge >= 0.3 is 0 Å². The van der Waals surface area contributed by atoms with E-state index in [1.54, 1.807) is 40.7 Å². The highest BCUT2D eigenvalue weighted by molar-refractivity contribution is 8.00. The largest absolute Gasteiger partial charge is 0.322 e. The number of carbonyl (C=O) groups excluding carboxylic acids is 2. The van der Waals surface area contributed by atoms with Crippen molar-refractivity contribution in [2.75, 3.05) is 10.2 Å². The predicted molar refractivity (Wildman–Crippen MR) is 138 cm³/mol. The topological polar surface area (TPSA) is 84.3 Å². The maximum atomic E-state index is 13.7. The zero-order valence-electron chi connectivity index (χ0n) is 19.8. The molecule has 1 aliphatic carbocycles. The molecule has 1 unspecified atom stereocenters. The number of para-hydroxylation sites is 2. The molecular formula is C25H28N4O3S2. The van der Waals surface area contributed by atoms with Crippen LogP contribution in [0.2, 0.25) is 0 Å². The van der Waals surface area contributed by atoms with Crippen LogP contribution in [0, 0.1) is 0 Å². The van der Waals surface area contributed by atoms with E-state index in [9.17, 15) is 14.4 Å². The van der Waals surface area contributed by atoms with E-state index >= 15 is 0 Å². The van der Waals surface area contributed by atoms with Crippen molar-refractivity contribution in [1.82, 2.24) is 9.55 Å². The number of aryl methyl sites for hydroxylation is 2. The maximum absolute atomic E-state index is 13.7. The second kappa shape index (κ2) is 8.53. The van der Waals surface area contributed by atoms with Gasteiger partial charge in [-0.3, -0.25) is 23.9 Å². The molecule has 3 aromatic rings. The van der Waals surface area contributed by atoms with Crippen molar-refractivity contribution in [2.24, 2.45) is 0 Å². The third-order valence-corrected chi connectivity index (χ3v) is 8.98. The van der Waals surface area contributed by atoms with E-state index in [1.165, 1.54) is 22.2 Å². The smallest absolute Gasteiger partial charge is 0.263 e. The van der Waals surface area contributed by atoms with Crippen LogP contribution in [0.4, 0.5) is 11.4 Å². The van der Waals surface area contributed by atoms with Crippen LogP contribution in [0.25, 0.3) is 10.2 Å². The van der Waals surface area contributed by atoms with Gasteiger partial charge < -0.3 is 5.32 Å². The minimum Gasteiger partial charge on any atom is -0.322 e. The summed E-state index contributed by atoms with van der Waals surface area (Å²) in [6.45, 7) is 7.72. The number of hydrogen-bond donors (Lipinski definition) is 1. The summed E-state index contributed by atoms with van der Waals surface area (Å²) >= 11 is 2.90. The number of aromatic nitrogens is 2. The van der Waals surface area contributed by atoms with Crippen molar-refractivity contribution in [1.29, 1.82) is 0 Å². The van der Waals surface area contributed by atoms with E-state index < -0.39 is 10.8 Å². The normalized spacial score (nSPS) is 17.8. The molecule has 9 heteroatoms. The second-order valence-corrected chi connectivity index (χ2v) is 11.7. The Hall–Kier alpha value is -2.65. The predicted octanol–water partition coefficient (Wildman–Crippen LogP) is 4.60. The van der Waals surface area contributed by atoms with Crippen LogP contribution in [0.1, 0.15) is 51.0 Å². The number of nitrogens with zero attached hydrogens (tertiary/aromatic N) is 3. The van der Waals surface area contributed by atoms with E-state index in [2.05, 4.69) is 5.32 Å². The third kappa shape index (κ3) is 3.56. The molecule has 2 amide bonds. The third-order valence-electron chi connectivity index (χ3n) is 6.71. The van der Waals surface area contributed by atoms with Gasteiger partial charge in [0.2, 0.25) is 11.8 Å². The van der Waals surface area contributed by atoms with Crippen molar-refractivity contribution in [3.8, 4) is 0 Å². The van der Waals surface area contributed by atoms with E-state index in [-0.39, 0.29) is 17.4 Å². The average molecular weight is 497 g/mol. The number of anilines is 2. The van der Waals surface area contributed by atoms with Gasteiger partial charge in [-0.1, -0.05) is 23.9 Å². The molecular weight excluding hydrogens is 468 g/mol. The minimum absolute atomic E-state index is 0.0166. The Balaban J connectivity index is 1.53. The number of amides is 2. The Morgan fingerprint density at radius 3 is 2.74 bits per heavy atom. The summed E-state index contributed by atoms with van der Waals surface area (Å²) in [5.41, 5.74) is 1.40. The Labute approximate surface area is 206 Å². The maximum Gasteiger partial charge on any atom is 0.263 e. The molecule has 0 radical (unpaired) electrons. The summed E-state index contributed by atoms with van der Waals surface area (Å²) in [7, 11) is 0. The highest BCUT2D eigenvalue weighted by Gasteiger charge is 2.45. The molecule has 3 heterocycles. The Bertz CT molecular complexity index is 1370. The van der Waals surface area contributed by atoms with E-state index in [4.69, 9.17) is 4.98 Å². The van der Waals surface area contributed by atoms with Crippen molar-refractivity contribution in [2.45, 2.75) is 75.9 Å². The average Bonchev–Trinajstić information content (AvgIpc) is 3.18. The lowest BCUT2D eigenvalue weighted by atomic mass is 9.96. The zero-order valence-corrected chi connectivity index (χ0v) is 21.4. The number of fused-ring (bicyclic) bond motifs is 4. The second-order valence-electron chi connectivity index (χ2n) is 9.30. The van der Waals surface area contributed by atoms with Crippen molar-refractivity contribution in [3.63, 3.8) is 0 Å². The van der Waals surface area contributed by atoms with E-state index in [0.29, 0.717) is 23.1 Å². The number of carbonyl (C=O) groups is 2. The summed E-state index contributed by atoms with van der Waals surface area (Å²) < 4.78 is 1.68. The Kier molecular flexibility index (Phi) is 5.80. The molecule has 34 heavy (non-hydrogen) atoms. The van der Waals surface area contributed by atoms with E-state index in [1.807, 2.05) is 32.0 Å². The van der Waals surface area contributed by atoms with Crippen LogP contribution < -0.4 is 15.8 Å². The highest BCUT2D eigenvalue weighted by Crippen LogP contribution is 2.39. The monoisotopic (exact) mass is 496 g/mol. The molecule has 0 bridgehead atoms. The van der Waals surface area contributed by atoms with Crippen LogP contribution in [0.5, 0.6) is 0 Å². The summed E-state index contributed by atoms with van der Waals surface area (Å²) in [6, 6.07) is 7.32. The fraction of sp³-hybridized carbons (Fsp3) is 0.440. The quantitative estimate of drug-likeness (QED) is 0.422. The Morgan fingerprint density at radius 1 is 1.24 bits per heavy atom. The number of thiophene rings is 1. The van der Waals surface area contributed by atoms with Gasteiger partial charge in [0.05, 0.1) is 22.0 Å². The molecule has 1 atom stereocenters. The first-order chi connectivity index (χ1) is 16.2. The van der Waals surface area contributed by atoms with Crippen LogP contribution in [-0.2, 0) is 29.0 Å². The summed E-state index contributed by atoms with van der Waals surface area (Å²) in [6.07, 6.45) is 4.19. The van der Waals surface area contributed by atoms with Gasteiger partial charge in [-0.25, -0.2) is 4.98 Å². The van der Waals surface area contributed by atoms with Crippen LogP contribution in [-0.4, -0.2) is 32.2 Å². The van der Waals surface area contributed by atoms with Crippen LogP contribution >= 0.6 is 23.1 Å². The molecule has 1 aliphatic heterocycles. The minimum atomic E-state index is -1.05. The van der Waals surface area contributed by atoms with Gasteiger partial charge in [0.15, 0.2) is 5.16 Å². The van der Waals surface area contributed by atoms with Gasteiger partial charge in [-0.2, -0.15) is 0 Å². The zero-order chi connectivity index (χ0) is 24.2. The molecule has 2 aromatic heterocycles. The molecule has 2 aliphatic rings. The molecule has 5 rings (SSSR count). The number of thioether (sulfide) groups is 1. The summed E-state index contributed by atoms with van der Waals surface area (Å²) in [4.78, 5) is 48.5. The van der Waals surface area contributed by atoms with Gasteiger partial charge in [0.25, 0.3) is 5.56 Å². The van der Waals surface area contributed by atoms with Crippen molar-refractivity contribution < 1.29 is 9.59 Å². The first-order valence-electron chi connectivity index (χ1n) is 11.7. The summed E-state index contributed by atoms with van der Waals surface area (Å²) in [5.74, 6) is -0.425. The first kappa shape index (κ1) is 23.1. The SMILES string of the molecule is CCn1c(SC(C)C(=O)N2c3ccccc3NC(=O)C2(C)C)nc2sc3c(c2c1=O)CCCC3. The molecule has 0 saturated heterocycles. The standard InChI is InChI=1S/C25H28N4O3S2/c1-5-28-22(31)19-15-10-6-9-13-18(15)34-20(19)27-24(28)33-14(2)21(30)29-17-12-8-7-11-16(17)26-23(32)25(29,3)4/h7-8,11-12,14H,5-6,9-10,13H2,1-4H3,(H,26,32). The summed E-state index contributed by atoms with van der Waals surface area (Å²) in [5, 5.41) is 3.66. The van der Waals surface area contributed by atoms with Gasteiger partial charge in [0.1, 0.15) is 10.4 Å². The number of rotatable bonds is 4. The fourth-order valence-corrected chi connectivity index (χ4v) is 7.14. The van der Waals surface area contributed by atoms with Gasteiger partial charge in [-0.05, 0) is 71.1 Å². The number of benzene rings is 1. The fourth-order valence-electron chi connectivity index (χ4n) is 4.83. The van der Waals surface area contributed by atoms with Crippen LogP contribution in [0.15, 0.2) is 34.2 Å². The van der Waals surface area contributed by atoms with Crippen molar-refractivity contribution >= 4 is 56.5 Å². The number of nitrogens with one attached hydrogen (secondary N) is 1. The molecule has 178 valence electrons. The van der Waals surface area contributed by atoms with Gasteiger partial charge in [-0.15, -0.1) is 11.3 Å². The molecule has 0 saturated carbocycles. The van der Waals surface area contributed by atoms with Crippen LogP contribution in [0.3, 0.4) is 0 Å². The van der Waals surface area contributed by atoms with Crippen molar-refractivity contribution in [3.05, 3.63) is 45.1 Å². The lowest BCUT2D eigenvalue weighted by molar-refractivity contribution is -0.126. The lowest BCUT2D eigenvalue weighted by Crippen LogP contribution is -2.60. The molecule has 1 N–H and O–H groups in total. The lowest BCUT2D eigenvalue weighted by Gasteiger charge is -2.43. The molecule has 7 nitrogen and oxygen atoms in total. The van der Waals surface area contributed by atoms with Gasteiger partial charge in [0, 0.05) is 11.4 Å². The molecule has 0 fully saturated rings. The molecule has 1 aromatic carbocycles. The van der Waals surface area contributed by atoms with E-state index in [0.717, 1.165) is 35.9 Å². The highest BCUT2D eigenvalue weighted by atomic mass is 32.2. The molecule has 0 spiro atoms. The first-order valence-corrected chi connectivity index (χ1v) is 13.4. The number of hydrogen-bond acceptors (Lipinski definition) is 6.